The smallest absolute Gasteiger partial charge is 0.142 e. The van der Waals surface area contributed by atoms with Crippen molar-refractivity contribution in [2.45, 2.75) is 39.2 Å². The highest BCUT2D eigenvalue weighted by Gasteiger charge is 2.22. The lowest BCUT2D eigenvalue weighted by Gasteiger charge is -2.20. The van der Waals surface area contributed by atoms with Crippen LogP contribution in [0, 0.1) is 5.92 Å². The van der Waals surface area contributed by atoms with Gasteiger partial charge in [0.2, 0.25) is 0 Å². The molecule has 0 aromatic carbocycles. The first-order valence-corrected chi connectivity index (χ1v) is 6.31. The Morgan fingerprint density at radius 2 is 2.24 bits per heavy atom. The molecule has 0 N–H and O–H groups in total. The summed E-state index contributed by atoms with van der Waals surface area (Å²) >= 11 is 0. The molecule has 1 saturated heterocycles. The van der Waals surface area contributed by atoms with Crippen LogP contribution in [0.3, 0.4) is 0 Å². The minimum atomic E-state index is 0.174. The Morgan fingerprint density at radius 1 is 1.53 bits per heavy atom. The van der Waals surface area contributed by atoms with Gasteiger partial charge in [-0.3, -0.25) is 9.48 Å². The summed E-state index contributed by atoms with van der Waals surface area (Å²) in [6.07, 6.45) is 4.13. The molecule has 0 bridgehead atoms. The highest BCUT2D eigenvalue weighted by Crippen LogP contribution is 2.17. The van der Waals surface area contributed by atoms with Crippen LogP contribution in [0.25, 0.3) is 0 Å². The summed E-state index contributed by atoms with van der Waals surface area (Å²) in [7, 11) is 0. The monoisotopic (exact) mass is 236 g/mol. The van der Waals surface area contributed by atoms with Gasteiger partial charge in [0.25, 0.3) is 0 Å². The third-order valence-corrected chi connectivity index (χ3v) is 3.22. The fourth-order valence-electron chi connectivity index (χ4n) is 2.10. The number of Topliss-reactive ketones (excluding diaryl/α,β-unsaturated/α-hetero) is 1. The summed E-state index contributed by atoms with van der Waals surface area (Å²) in [5.74, 6) is 0.482. The number of hydrogen-bond donors (Lipinski definition) is 0. The second kappa shape index (κ2) is 5.45. The van der Waals surface area contributed by atoms with Crippen molar-refractivity contribution in [2.75, 3.05) is 13.2 Å². The van der Waals surface area contributed by atoms with Gasteiger partial charge in [-0.2, -0.15) is 5.10 Å². The normalized spacial score (nSPS) is 17.6. The Bertz CT molecular complexity index is 379. The number of carbonyl (C=O) groups excluding carboxylic acids is 1. The van der Waals surface area contributed by atoms with Gasteiger partial charge in [0.05, 0.1) is 12.1 Å². The second-order valence-electron chi connectivity index (χ2n) is 4.91. The first-order chi connectivity index (χ1) is 8.16. The molecule has 0 unspecified atom stereocenters. The summed E-state index contributed by atoms with van der Waals surface area (Å²) in [5.41, 5.74) is 0.884. The molecule has 0 atom stereocenters. The SMILES string of the molecule is CC(C)n1ccc(CC(=O)C2CCOCC2)n1. The molecule has 4 nitrogen and oxygen atoms in total. The lowest BCUT2D eigenvalue weighted by Crippen LogP contribution is -2.24. The van der Waals surface area contributed by atoms with Crippen molar-refractivity contribution < 1.29 is 9.53 Å². The van der Waals surface area contributed by atoms with Crippen LogP contribution < -0.4 is 0 Å². The van der Waals surface area contributed by atoms with E-state index in [2.05, 4.69) is 18.9 Å². The topological polar surface area (TPSA) is 44.1 Å². The molecule has 0 spiro atoms. The molecule has 1 aliphatic heterocycles. The summed E-state index contributed by atoms with van der Waals surface area (Å²) in [5, 5.41) is 4.41. The van der Waals surface area contributed by atoms with Gasteiger partial charge in [-0.15, -0.1) is 0 Å². The Balaban J connectivity index is 1.92. The van der Waals surface area contributed by atoms with Gasteiger partial charge < -0.3 is 4.74 Å². The Morgan fingerprint density at radius 3 is 2.82 bits per heavy atom. The summed E-state index contributed by atoms with van der Waals surface area (Å²) < 4.78 is 7.16. The van der Waals surface area contributed by atoms with E-state index in [4.69, 9.17) is 4.74 Å². The molecule has 2 heterocycles. The molecule has 1 fully saturated rings. The molecule has 0 saturated carbocycles. The molecular formula is C13H20N2O2. The van der Waals surface area contributed by atoms with Crippen molar-refractivity contribution in [2.24, 2.45) is 5.92 Å². The Kier molecular flexibility index (Phi) is 3.94. The van der Waals surface area contributed by atoms with E-state index < -0.39 is 0 Å². The van der Waals surface area contributed by atoms with Gasteiger partial charge in [-0.1, -0.05) is 0 Å². The average molecular weight is 236 g/mol. The second-order valence-corrected chi connectivity index (χ2v) is 4.91. The van der Waals surface area contributed by atoms with E-state index in [1.165, 1.54) is 0 Å². The number of rotatable bonds is 4. The average Bonchev–Trinajstić information content (AvgIpc) is 2.79. The van der Waals surface area contributed by atoms with E-state index in [-0.39, 0.29) is 5.92 Å². The fourth-order valence-corrected chi connectivity index (χ4v) is 2.10. The van der Waals surface area contributed by atoms with Crippen LogP contribution in [0.15, 0.2) is 12.3 Å². The third kappa shape index (κ3) is 3.16. The van der Waals surface area contributed by atoms with E-state index in [0.717, 1.165) is 31.7 Å². The van der Waals surface area contributed by atoms with Crippen LogP contribution in [-0.2, 0) is 16.0 Å². The van der Waals surface area contributed by atoms with E-state index in [0.29, 0.717) is 18.2 Å². The van der Waals surface area contributed by atoms with Gasteiger partial charge in [-0.05, 0) is 32.8 Å². The molecule has 1 aromatic rings. The Hall–Kier alpha value is -1.16. The maximum Gasteiger partial charge on any atom is 0.142 e. The molecule has 2 rings (SSSR count). The number of hydrogen-bond acceptors (Lipinski definition) is 3. The molecule has 17 heavy (non-hydrogen) atoms. The van der Waals surface area contributed by atoms with Crippen molar-refractivity contribution in [1.29, 1.82) is 0 Å². The maximum atomic E-state index is 12.0. The molecule has 94 valence electrons. The number of ether oxygens (including phenoxy) is 1. The van der Waals surface area contributed by atoms with Gasteiger partial charge in [0.1, 0.15) is 5.78 Å². The van der Waals surface area contributed by atoms with Gasteiger partial charge >= 0.3 is 0 Å². The van der Waals surface area contributed by atoms with E-state index in [9.17, 15) is 4.79 Å². The van der Waals surface area contributed by atoms with Crippen LogP contribution in [0.4, 0.5) is 0 Å². The standard InChI is InChI=1S/C13H20N2O2/c1-10(2)15-6-3-12(14-15)9-13(16)11-4-7-17-8-5-11/h3,6,10-11H,4-5,7-9H2,1-2H3. The van der Waals surface area contributed by atoms with Gasteiger partial charge in [-0.25, -0.2) is 0 Å². The van der Waals surface area contributed by atoms with Crippen LogP contribution in [0.2, 0.25) is 0 Å². The molecule has 1 aliphatic rings. The van der Waals surface area contributed by atoms with Crippen molar-refractivity contribution >= 4 is 5.78 Å². The number of nitrogens with zero attached hydrogens (tertiary/aromatic N) is 2. The van der Waals surface area contributed by atoms with Crippen molar-refractivity contribution in [1.82, 2.24) is 9.78 Å². The quantitative estimate of drug-likeness (QED) is 0.803. The fraction of sp³-hybridized carbons (Fsp3) is 0.692. The van der Waals surface area contributed by atoms with Crippen LogP contribution >= 0.6 is 0 Å². The van der Waals surface area contributed by atoms with E-state index in [1.54, 1.807) is 0 Å². The summed E-state index contributed by atoms with van der Waals surface area (Å²) in [6.45, 7) is 5.60. The van der Waals surface area contributed by atoms with Crippen LogP contribution in [-0.4, -0.2) is 28.8 Å². The first-order valence-electron chi connectivity index (χ1n) is 6.31. The lowest BCUT2D eigenvalue weighted by atomic mass is 9.93. The minimum absolute atomic E-state index is 0.174. The highest BCUT2D eigenvalue weighted by molar-refractivity contribution is 5.82. The predicted molar refractivity (Wildman–Crippen MR) is 64.9 cm³/mol. The van der Waals surface area contributed by atoms with Crippen molar-refractivity contribution in [3.63, 3.8) is 0 Å². The molecule has 4 heteroatoms. The maximum absolute atomic E-state index is 12.0. The van der Waals surface area contributed by atoms with Crippen LogP contribution in [0.1, 0.15) is 38.4 Å². The minimum Gasteiger partial charge on any atom is -0.381 e. The van der Waals surface area contributed by atoms with Crippen molar-refractivity contribution in [3.8, 4) is 0 Å². The van der Waals surface area contributed by atoms with Crippen molar-refractivity contribution in [3.05, 3.63) is 18.0 Å². The number of carbonyl (C=O) groups is 1. The third-order valence-electron chi connectivity index (χ3n) is 3.22. The molecule has 0 aliphatic carbocycles. The number of ketones is 1. The zero-order valence-corrected chi connectivity index (χ0v) is 10.6. The first kappa shape index (κ1) is 12.3. The zero-order valence-electron chi connectivity index (χ0n) is 10.6. The lowest BCUT2D eigenvalue weighted by molar-refractivity contribution is -0.125. The van der Waals surface area contributed by atoms with Gasteiger partial charge in [0, 0.05) is 31.4 Å². The predicted octanol–water partition coefficient (Wildman–Crippen LogP) is 2.00. The summed E-state index contributed by atoms with van der Waals surface area (Å²) in [4.78, 5) is 12.0. The van der Waals surface area contributed by atoms with E-state index in [1.807, 2.05) is 16.9 Å². The highest BCUT2D eigenvalue weighted by atomic mass is 16.5. The Labute approximate surface area is 102 Å². The number of aromatic nitrogens is 2. The largest absolute Gasteiger partial charge is 0.381 e. The molecule has 1 aromatic heterocycles. The molecule has 0 radical (unpaired) electrons. The molecular weight excluding hydrogens is 216 g/mol. The van der Waals surface area contributed by atoms with Gasteiger partial charge in [0.15, 0.2) is 0 Å². The molecule has 0 amide bonds. The van der Waals surface area contributed by atoms with E-state index >= 15 is 0 Å². The zero-order chi connectivity index (χ0) is 12.3. The summed E-state index contributed by atoms with van der Waals surface area (Å²) in [6, 6.07) is 2.29. The van der Waals surface area contributed by atoms with Crippen LogP contribution in [0.5, 0.6) is 0 Å².